The smallest absolute Gasteiger partial charge is 0.408 e. The first-order valence-electron chi connectivity index (χ1n) is 5.08. The summed E-state index contributed by atoms with van der Waals surface area (Å²) in [5.74, 6) is -2.33. The van der Waals surface area contributed by atoms with Crippen molar-refractivity contribution >= 4 is 24.1 Å². The lowest BCUT2D eigenvalue weighted by atomic mass is 10.1. The zero-order valence-corrected chi connectivity index (χ0v) is 10.4. The summed E-state index contributed by atoms with van der Waals surface area (Å²) in [6.07, 6.45) is -1.05. The molecule has 100 valence electrons. The summed E-state index contributed by atoms with van der Waals surface area (Å²) in [6, 6.07) is -1.36. The molecule has 0 radical (unpaired) electrons. The number of amides is 1. The molecule has 0 aromatic heterocycles. The second kappa shape index (κ2) is 6.51. The lowest BCUT2D eigenvalue weighted by Crippen LogP contribution is -2.46. The summed E-state index contributed by atoms with van der Waals surface area (Å²) in [6.45, 7) is 4.86. The number of ether oxygens (including phenoxy) is 1. The normalized spacial score (nSPS) is 11.9. The van der Waals surface area contributed by atoms with E-state index >= 15 is 0 Å². The zero-order chi connectivity index (χ0) is 14.3. The molecule has 0 saturated heterocycles. The van der Waals surface area contributed by atoms with Gasteiger partial charge in [-0.3, -0.25) is 4.79 Å². The zero-order valence-electron chi connectivity index (χ0n) is 10.4. The molecule has 0 spiro atoms. The van der Waals surface area contributed by atoms with E-state index in [2.05, 4.69) is 10.1 Å². The molecule has 0 saturated carbocycles. The third-order valence-corrected chi connectivity index (χ3v) is 1.60. The minimum atomic E-state index is -1.51. The maximum absolute atomic E-state index is 11.4. The van der Waals surface area contributed by atoms with Crippen LogP contribution in [0.15, 0.2) is 0 Å². The Labute approximate surface area is 104 Å². The number of nitrogens with one attached hydrogen (secondary N) is 2. The SMILES string of the molecule is CC(C)(C)OC(=O)N[C@H](CC(=O)[O-])C(=O)C=[N+]=N. The number of carbonyl (C=O) groups is 3. The number of aliphatic carboxylic acids is 1. The molecule has 0 rings (SSSR count). The monoisotopic (exact) mass is 257 g/mol. The number of rotatable bonds is 5. The Balaban J connectivity index is 4.69. The van der Waals surface area contributed by atoms with Gasteiger partial charge in [0.05, 0.1) is 10.3 Å². The van der Waals surface area contributed by atoms with Crippen molar-refractivity contribution in [1.82, 2.24) is 5.32 Å². The van der Waals surface area contributed by atoms with E-state index in [0.29, 0.717) is 6.21 Å². The molecule has 2 N–H and O–H groups in total. The highest BCUT2D eigenvalue weighted by atomic mass is 16.6. The van der Waals surface area contributed by atoms with Gasteiger partial charge in [-0.25, -0.2) is 4.79 Å². The minimum Gasteiger partial charge on any atom is -0.550 e. The highest BCUT2D eigenvalue weighted by Crippen LogP contribution is 2.07. The lowest BCUT2D eigenvalue weighted by molar-refractivity contribution is -0.306. The number of nitrogens with zero attached hydrogens (tertiary/aromatic N) is 1. The van der Waals surface area contributed by atoms with Gasteiger partial charge in [0.2, 0.25) is 0 Å². The second-order valence-electron chi connectivity index (χ2n) is 4.44. The first kappa shape index (κ1) is 15.8. The summed E-state index contributed by atoms with van der Waals surface area (Å²) in [4.78, 5) is 35.9. The van der Waals surface area contributed by atoms with Crippen LogP contribution >= 0.6 is 0 Å². The Kier molecular flexibility index (Phi) is 5.71. The summed E-state index contributed by atoms with van der Waals surface area (Å²) < 4.78 is 4.87. The number of carboxylic acids is 1. The number of hydrogen-bond donors (Lipinski definition) is 2. The molecule has 0 aliphatic heterocycles. The molecule has 0 aromatic rings. The van der Waals surface area contributed by atoms with Crippen molar-refractivity contribution in [3.8, 4) is 0 Å². The number of carbonyl (C=O) groups excluding carboxylic acids is 3. The van der Waals surface area contributed by atoms with Gasteiger partial charge in [0.15, 0.2) is 0 Å². The number of Topliss-reactive ketones (excluding diaryl/α,β-unsaturated/α-hetero) is 1. The fraction of sp³-hybridized carbons (Fsp3) is 0.600. The van der Waals surface area contributed by atoms with Crippen molar-refractivity contribution < 1.29 is 29.0 Å². The third kappa shape index (κ3) is 7.13. The average Bonchev–Trinajstić information content (AvgIpc) is 2.13. The van der Waals surface area contributed by atoms with E-state index in [-0.39, 0.29) is 0 Å². The van der Waals surface area contributed by atoms with E-state index in [0.717, 1.165) is 0 Å². The largest absolute Gasteiger partial charge is 0.550 e. The fourth-order valence-corrected chi connectivity index (χ4v) is 0.993. The molecule has 0 heterocycles. The van der Waals surface area contributed by atoms with E-state index in [1.54, 1.807) is 20.8 Å². The van der Waals surface area contributed by atoms with Gasteiger partial charge in [-0.15, -0.1) is 0 Å². The Bertz CT molecular complexity index is 393. The first-order chi connectivity index (χ1) is 8.15. The van der Waals surface area contributed by atoms with Crippen LogP contribution < -0.4 is 10.4 Å². The van der Waals surface area contributed by atoms with E-state index < -0.39 is 35.9 Å². The van der Waals surface area contributed by atoms with Crippen LogP contribution in [0.3, 0.4) is 0 Å². The molecule has 0 fully saturated rings. The molecule has 0 aliphatic rings. The van der Waals surface area contributed by atoms with E-state index in [1.807, 2.05) is 0 Å². The number of hydrogen-bond acceptors (Lipinski definition) is 6. The van der Waals surface area contributed by atoms with E-state index in [9.17, 15) is 19.5 Å². The lowest BCUT2D eigenvalue weighted by Gasteiger charge is -2.22. The quantitative estimate of drug-likeness (QED) is 0.366. The van der Waals surface area contributed by atoms with Crippen LogP contribution in [0.4, 0.5) is 4.79 Å². The van der Waals surface area contributed by atoms with Crippen LogP contribution in [0.2, 0.25) is 0 Å². The minimum absolute atomic E-state index is 0.602. The summed E-state index contributed by atoms with van der Waals surface area (Å²) >= 11 is 0. The van der Waals surface area contributed by atoms with Crippen LogP contribution in [0.5, 0.6) is 0 Å². The Morgan fingerprint density at radius 1 is 1.44 bits per heavy atom. The Morgan fingerprint density at radius 3 is 2.39 bits per heavy atom. The highest BCUT2D eigenvalue weighted by Gasteiger charge is 2.25. The molecular formula is C10H15N3O5. The van der Waals surface area contributed by atoms with Crippen molar-refractivity contribution in [1.29, 1.82) is 5.53 Å². The van der Waals surface area contributed by atoms with Gasteiger partial charge in [0, 0.05) is 12.4 Å². The fourth-order valence-electron chi connectivity index (χ4n) is 0.993. The molecular weight excluding hydrogens is 242 g/mol. The Morgan fingerprint density at radius 2 is 2.00 bits per heavy atom. The maximum atomic E-state index is 11.4. The second-order valence-corrected chi connectivity index (χ2v) is 4.44. The summed E-state index contributed by atoms with van der Waals surface area (Å²) in [5, 5.41) is 12.5. The van der Waals surface area contributed by atoms with Gasteiger partial charge in [-0.2, -0.15) is 0 Å². The number of ketones is 1. The first-order valence-corrected chi connectivity index (χ1v) is 5.08. The van der Waals surface area contributed by atoms with Crippen LogP contribution in [-0.4, -0.2) is 40.5 Å². The molecule has 8 nitrogen and oxygen atoms in total. The maximum Gasteiger partial charge on any atom is 0.408 e. The predicted molar refractivity (Wildman–Crippen MR) is 56.8 cm³/mol. The Hall–Kier alpha value is -2.21. The molecule has 0 aromatic carbocycles. The molecule has 18 heavy (non-hydrogen) atoms. The van der Waals surface area contributed by atoms with Crippen LogP contribution in [-0.2, 0) is 14.3 Å². The summed E-state index contributed by atoms with van der Waals surface area (Å²) in [5.41, 5.74) is 5.70. The standard InChI is InChI=1S/C10H15N3O5/c1-10(2,3)18-9(17)13-6(4-8(15)16)7(14)5-12-11/h5-6,11H,4H2,1-3H3,(H-,13,15,16,17)/t6-/m1/s1. The molecule has 0 aliphatic carbocycles. The van der Waals surface area contributed by atoms with Crippen LogP contribution in [0.25, 0.3) is 0 Å². The van der Waals surface area contributed by atoms with Crippen molar-refractivity contribution in [3.05, 3.63) is 0 Å². The van der Waals surface area contributed by atoms with Gasteiger partial charge in [-0.1, -0.05) is 0 Å². The van der Waals surface area contributed by atoms with Gasteiger partial charge in [0.1, 0.15) is 11.6 Å². The summed E-state index contributed by atoms with van der Waals surface area (Å²) in [7, 11) is 0. The van der Waals surface area contributed by atoms with Crippen molar-refractivity contribution in [2.45, 2.75) is 38.8 Å². The number of alkyl carbamates (subject to hydrolysis) is 1. The topological polar surface area (TPSA) is 133 Å². The molecule has 0 bridgehead atoms. The van der Waals surface area contributed by atoms with Gasteiger partial charge < -0.3 is 20.0 Å². The highest BCUT2D eigenvalue weighted by molar-refractivity contribution is 6.28. The third-order valence-electron chi connectivity index (χ3n) is 1.60. The van der Waals surface area contributed by atoms with E-state index in [1.165, 1.54) is 0 Å². The number of carboxylic acid groups (broad SMARTS) is 1. The van der Waals surface area contributed by atoms with Crippen molar-refractivity contribution in [2.24, 2.45) is 0 Å². The predicted octanol–water partition coefficient (Wildman–Crippen LogP) is -1.10. The van der Waals surface area contributed by atoms with Crippen molar-refractivity contribution in [3.63, 3.8) is 0 Å². The van der Waals surface area contributed by atoms with Crippen LogP contribution in [0.1, 0.15) is 27.2 Å². The van der Waals surface area contributed by atoms with Gasteiger partial charge in [-0.05, 0) is 20.8 Å². The molecule has 8 heteroatoms. The average molecular weight is 257 g/mol. The molecule has 1 atom stereocenters. The molecule has 0 unspecified atom stereocenters. The van der Waals surface area contributed by atoms with E-state index in [4.69, 9.17) is 10.3 Å². The van der Waals surface area contributed by atoms with Crippen LogP contribution in [0, 0.1) is 5.53 Å². The molecule has 1 amide bonds. The van der Waals surface area contributed by atoms with Crippen molar-refractivity contribution in [2.75, 3.05) is 0 Å². The van der Waals surface area contributed by atoms with Gasteiger partial charge in [0.25, 0.3) is 5.78 Å². The van der Waals surface area contributed by atoms with Gasteiger partial charge >= 0.3 is 12.3 Å².